The lowest BCUT2D eigenvalue weighted by atomic mass is 10.2. The summed E-state index contributed by atoms with van der Waals surface area (Å²) >= 11 is 0. The summed E-state index contributed by atoms with van der Waals surface area (Å²) in [5.74, 6) is -2.66. The van der Waals surface area contributed by atoms with Gasteiger partial charge in [-0.15, -0.1) is 0 Å². The van der Waals surface area contributed by atoms with Crippen molar-refractivity contribution in [3.8, 4) is 5.75 Å². The molecule has 0 heterocycles. The molecule has 0 saturated heterocycles. The van der Waals surface area contributed by atoms with Crippen LogP contribution in [0.1, 0.15) is 23.2 Å². The minimum absolute atomic E-state index is 0.112. The molecule has 1 aliphatic carbocycles. The van der Waals surface area contributed by atoms with Crippen LogP contribution in [0.2, 0.25) is 0 Å². The van der Waals surface area contributed by atoms with Crippen LogP contribution in [-0.4, -0.2) is 19.7 Å². The average Bonchev–Trinajstić information content (AvgIpc) is 3.11. The molecule has 5 heteroatoms. The maximum Gasteiger partial charge on any atom is 0.344 e. The third-order valence-electron chi connectivity index (χ3n) is 2.62. The molecule has 1 aromatic carbocycles. The van der Waals surface area contributed by atoms with Gasteiger partial charge in [0.15, 0.2) is 11.6 Å². The maximum atomic E-state index is 13.8. The van der Waals surface area contributed by atoms with Gasteiger partial charge in [0.05, 0.1) is 13.7 Å². The Labute approximate surface area is 97.3 Å². The van der Waals surface area contributed by atoms with Crippen LogP contribution in [0.4, 0.5) is 8.78 Å². The normalized spacial score (nSPS) is 14.5. The molecule has 0 amide bonds. The lowest BCUT2D eigenvalue weighted by molar-refractivity contribution is 0.0588. The molecule has 17 heavy (non-hydrogen) atoms. The Hall–Kier alpha value is -1.65. The maximum absolute atomic E-state index is 13.8. The van der Waals surface area contributed by atoms with E-state index in [9.17, 15) is 13.6 Å². The second kappa shape index (κ2) is 4.69. The van der Waals surface area contributed by atoms with Crippen LogP contribution in [0, 0.1) is 17.6 Å². The first-order valence-corrected chi connectivity index (χ1v) is 5.32. The highest BCUT2D eigenvalue weighted by molar-refractivity contribution is 5.90. The number of benzene rings is 1. The monoisotopic (exact) mass is 242 g/mol. The fourth-order valence-corrected chi connectivity index (χ4v) is 1.43. The molecule has 0 bridgehead atoms. The van der Waals surface area contributed by atoms with Gasteiger partial charge in [0.25, 0.3) is 0 Å². The summed E-state index contributed by atoms with van der Waals surface area (Å²) in [4.78, 5) is 11.2. The number of rotatable bonds is 4. The average molecular weight is 242 g/mol. The Kier molecular flexibility index (Phi) is 3.26. The number of methoxy groups -OCH3 is 1. The molecule has 0 atom stereocenters. The molecule has 1 saturated carbocycles. The van der Waals surface area contributed by atoms with Gasteiger partial charge in [-0.25, -0.2) is 13.6 Å². The molecule has 0 N–H and O–H groups in total. The van der Waals surface area contributed by atoms with E-state index in [1.807, 2.05) is 0 Å². The Morgan fingerprint density at radius 3 is 2.71 bits per heavy atom. The Morgan fingerprint density at radius 2 is 2.12 bits per heavy atom. The minimum atomic E-state index is -1.04. The fourth-order valence-electron chi connectivity index (χ4n) is 1.43. The van der Waals surface area contributed by atoms with Crippen molar-refractivity contribution in [2.75, 3.05) is 13.7 Å². The van der Waals surface area contributed by atoms with Gasteiger partial charge in [0, 0.05) is 0 Å². The molecule has 3 nitrogen and oxygen atoms in total. The van der Waals surface area contributed by atoms with Crippen LogP contribution in [-0.2, 0) is 4.74 Å². The van der Waals surface area contributed by atoms with E-state index in [2.05, 4.69) is 4.74 Å². The van der Waals surface area contributed by atoms with Crippen LogP contribution in [0.5, 0.6) is 5.75 Å². The van der Waals surface area contributed by atoms with Gasteiger partial charge in [-0.2, -0.15) is 0 Å². The van der Waals surface area contributed by atoms with Crippen molar-refractivity contribution in [2.24, 2.45) is 5.92 Å². The zero-order valence-corrected chi connectivity index (χ0v) is 9.33. The molecule has 92 valence electrons. The molecule has 1 aliphatic rings. The number of halogens is 2. The van der Waals surface area contributed by atoms with E-state index in [4.69, 9.17) is 4.74 Å². The molecule has 0 aliphatic heterocycles. The number of ether oxygens (including phenoxy) is 2. The van der Waals surface area contributed by atoms with Gasteiger partial charge in [-0.05, 0) is 30.9 Å². The van der Waals surface area contributed by atoms with Crippen LogP contribution in [0.3, 0.4) is 0 Å². The quantitative estimate of drug-likeness (QED) is 0.761. The van der Waals surface area contributed by atoms with Gasteiger partial charge in [0.1, 0.15) is 11.4 Å². The molecule has 0 unspecified atom stereocenters. The molecule has 0 spiro atoms. The summed E-state index contributed by atoms with van der Waals surface area (Å²) in [6.45, 7) is 0.392. The van der Waals surface area contributed by atoms with Gasteiger partial charge in [-0.1, -0.05) is 0 Å². The highest BCUT2D eigenvalue weighted by Crippen LogP contribution is 2.31. The zero-order chi connectivity index (χ0) is 12.4. The van der Waals surface area contributed by atoms with Crippen LogP contribution in [0.25, 0.3) is 0 Å². The number of esters is 1. The van der Waals surface area contributed by atoms with Crippen molar-refractivity contribution >= 4 is 5.97 Å². The first-order valence-electron chi connectivity index (χ1n) is 5.32. The van der Waals surface area contributed by atoms with Crippen molar-refractivity contribution < 1.29 is 23.0 Å². The van der Waals surface area contributed by atoms with E-state index in [0.717, 1.165) is 26.0 Å². The molecular formula is C12H12F2O3. The smallest absolute Gasteiger partial charge is 0.344 e. The predicted octanol–water partition coefficient (Wildman–Crippen LogP) is 2.54. The van der Waals surface area contributed by atoms with Crippen molar-refractivity contribution in [3.05, 3.63) is 29.3 Å². The van der Waals surface area contributed by atoms with Gasteiger partial charge in [-0.3, -0.25) is 0 Å². The van der Waals surface area contributed by atoms with Crippen LogP contribution < -0.4 is 4.74 Å². The molecule has 0 aromatic heterocycles. The highest BCUT2D eigenvalue weighted by Gasteiger charge is 2.25. The van der Waals surface area contributed by atoms with E-state index in [1.165, 1.54) is 6.07 Å². The summed E-state index contributed by atoms with van der Waals surface area (Å²) < 4.78 is 36.6. The predicted molar refractivity (Wildman–Crippen MR) is 55.9 cm³/mol. The Bertz CT molecular complexity index is 442. The fraction of sp³-hybridized carbons (Fsp3) is 0.417. The molecule has 2 rings (SSSR count). The first-order chi connectivity index (χ1) is 8.13. The first kappa shape index (κ1) is 11.8. The minimum Gasteiger partial charge on any atom is -0.490 e. The zero-order valence-electron chi connectivity index (χ0n) is 9.33. The van der Waals surface area contributed by atoms with Gasteiger partial charge >= 0.3 is 5.97 Å². The van der Waals surface area contributed by atoms with Crippen LogP contribution >= 0.6 is 0 Å². The largest absolute Gasteiger partial charge is 0.490 e. The van der Waals surface area contributed by atoms with Crippen molar-refractivity contribution in [1.82, 2.24) is 0 Å². The van der Waals surface area contributed by atoms with Crippen molar-refractivity contribution in [3.63, 3.8) is 0 Å². The van der Waals surface area contributed by atoms with E-state index >= 15 is 0 Å². The topological polar surface area (TPSA) is 35.5 Å². The number of carbonyl (C=O) groups is 1. The van der Waals surface area contributed by atoms with Crippen molar-refractivity contribution in [1.29, 1.82) is 0 Å². The van der Waals surface area contributed by atoms with E-state index in [0.29, 0.717) is 12.5 Å². The second-order valence-electron chi connectivity index (χ2n) is 3.98. The van der Waals surface area contributed by atoms with Gasteiger partial charge in [0.2, 0.25) is 0 Å². The summed E-state index contributed by atoms with van der Waals surface area (Å²) in [5.41, 5.74) is -0.708. The molecule has 0 radical (unpaired) electrons. The molecule has 1 fully saturated rings. The van der Waals surface area contributed by atoms with E-state index in [-0.39, 0.29) is 5.75 Å². The van der Waals surface area contributed by atoms with Crippen molar-refractivity contribution in [2.45, 2.75) is 12.8 Å². The second-order valence-corrected chi connectivity index (χ2v) is 3.98. The summed E-state index contributed by atoms with van der Waals surface area (Å²) in [7, 11) is 1.07. The third kappa shape index (κ3) is 2.54. The number of hydrogen-bond donors (Lipinski definition) is 0. The third-order valence-corrected chi connectivity index (χ3v) is 2.62. The van der Waals surface area contributed by atoms with E-state index in [1.54, 1.807) is 0 Å². The highest BCUT2D eigenvalue weighted by atomic mass is 19.1. The molecule has 1 aromatic rings. The van der Waals surface area contributed by atoms with E-state index < -0.39 is 23.2 Å². The SMILES string of the molecule is COC(=O)c1c(F)ccc(OCC2CC2)c1F. The van der Waals surface area contributed by atoms with Crippen LogP contribution in [0.15, 0.2) is 12.1 Å². The summed E-state index contributed by atoms with van der Waals surface area (Å²) in [6, 6.07) is 2.18. The molecular weight excluding hydrogens is 230 g/mol. The summed E-state index contributed by atoms with van der Waals surface area (Å²) in [6.07, 6.45) is 2.12. The number of hydrogen-bond acceptors (Lipinski definition) is 3. The standard InChI is InChI=1S/C12H12F2O3/c1-16-12(15)10-8(13)4-5-9(11(10)14)17-6-7-2-3-7/h4-5,7H,2-3,6H2,1H3. The lowest BCUT2D eigenvalue weighted by Crippen LogP contribution is -2.10. The number of carbonyl (C=O) groups excluding carboxylic acids is 1. The summed E-state index contributed by atoms with van der Waals surface area (Å²) in [5, 5.41) is 0. The Morgan fingerprint density at radius 1 is 1.41 bits per heavy atom. The Balaban J connectivity index is 2.23. The lowest BCUT2D eigenvalue weighted by Gasteiger charge is -2.09. The van der Waals surface area contributed by atoms with Gasteiger partial charge < -0.3 is 9.47 Å².